The molecular formula is C53H31N5OS. The Bertz CT molecular complexity index is 3690. The molecule has 0 saturated heterocycles. The van der Waals surface area contributed by atoms with Gasteiger partial charge in [0.15, 0.2) is 17.5 Å². The van der Waals surface area contributed by atoms with E-state index in [1.165, 1.54) is 37.2 Å². The largest absolute Gasteiger partial charge is 0.456 e. The van der Waals surface area contributed by atoms with E-state index in [1.54, 1.807) is 0 Å². The van der Waals surface area contributed by atoms with Gasteiger partial charge in [-0.15, -0.1) is 0 Å². The molecule has 1 aliphatic heterocycles. The molecule has 4 aromatic heterocycles. The summed E-state index contributed by atoms with van der Waals surface area (Å²) in [5.74, 6) is 1.84. The maximum absolute atomic E-state index is 6.24. The average molecular weight is 786 g/mol. The molecule has 0 aliphatic carbocycles. The van der Waals surface area contributed by atoms with E-state index in [2.05, 4.69) is 149 Å². The molecule has 7 heteroatoms. The summed E-state index contributed by atoms with van der Waals surface area (Å²) in [6.07, 6.45) is 0. The van der Waals surface area contributed by atoms with Crippen molar-refractivity contribution in [2.75, 3.05) is 0 Å². The third-order valence-electron chi connectivity index (χ3n) is 11.8. The minimum Gasteiger partial charge on any atom is -0.456 e. The highest BCUT2D eigenvalue weighted by molar-refractivity contribution is 7.99. The number of nitrogens with zero attached hydrogens (tertiary/aromatic N) is 5. The zero-order chi connectivity index (χ0) is 39.3. The second-order valence-corrected chi connectivity index (χ2v) is 16.3. The van der Waals surface area contributed by atoms with E-state index in [9.17, 15) is 0 Å². The molecule has 0 bridgehead atoms. The number of rotatable bonds is 5. The summed E-state index contributed by atoms with van der Waals surface area (Å²) in [5, 5.41) is 5.95. The van der Waals surface area contributed by atoms with Gasteiger partial charge in [-0.25, -0.2) is 15.0 Å². The quantitative estimate of drug-likeness (QED) is 0.174. The predicted octanol–water partition coefficient (Wildman–Crippen LogP) is 13.9. The standard InChI is InChI=1S/C53H31N5OS/c1-2-13-32(14-3-1)50-54-51(56-52(55-50)35-16-10-15-34(31-35)37-19-11-24-44-47(37)39-18-5-8-23-43(39)59-44)33-27-29-36(30-28-33)57-41-21-6-4-17-38(41)48-40-20-12-26-46-49(40)58(53(48)57)42-22-7-9-25-45(42)60-46/h1-31H. The fourth-order valence-electron chi connectivity index (χ4n) is 9.14. The Morgan fingerprint density at radius 1 is 0.417 bits per heavy atom. The fourth-order valence-corrected chi connectivity index (χ4v) is 10.2. The first-order valence-corrected chi connectivity index (χ1v) is 20.8. The van der Waals surface area contributed by atoms with Gasteiger partial charge in [-0.2, -0.15) is 0 Å². The Morgan fingerprint density at radius 2 is 1.03 bits per heavy atom. The summed E-state index contributed by atoms with van der Waals surface area (Å²) < 4.78 is 11.1. The van der Waals surface area contributed by atoms with E-state index in [0.29, 0.717) is 17.5 Å². The van der Waals surface area contributed by atoms with Crippen molar-refractivity contribution >= 4 is 66.5 Å². The molecule has 60 heavy (non-hydrogen) atoms. The third-order valence-corrected chi connectivity index (χ3v) is 12.9. The van der Waals surface area contributed by atoms with Crippen LogP contribution in [-0.4, -0.2) is 24.1 Å². The molecule has 13 rings (SSSR count). The van der Waals surface area contributed by atoms with Gasteiger partial charge in [0.05, 0.1) is 16.7 Å². The number of aromatic nitrogens is 5. The number of hydrogen-bond donors (Lipinski definition) is 0. The van der Waals surface area contributed by atoms with Gasteiger partial charge in [0.25, 0.3) is 0 Å². The topological polar surface area (TPSA) is 61.7 Å². The third kappa shape index (κ3) is 4.93. The molecular weight excluding hydrogens is 755 g/mol. The maximum Gasteiger partial charge on any atom is 0.164 e. The Kier molecular flexibility index (Phi) is 7.14. The minimum atomic E-state index is 0.610. The molecule has 280 valence electrons. The lowest BCUT2D eigenvalue weighted by Crippen LogP contribution is -2.05. The summed E-state index contributed by atoms with van der Waals surface area (Å²) in [4.78, 5) is 17.9. The van der Waals surface area contributed by atoms with Crippen molar-refractivity contribution in [2.45, 2.75) is 9.79 Å². The molecule has 5 heterocycles. The summed E-state index contributed by atoms with van der Waals surface area (Å²) in [6.45, 7) is 0. The SMILES string of the molecule is c1ccc(-c2nc(-c3ccc(-n4c5ccccc5c5c6cccc7c6n(c54)-c4ccccc4S7)cc3)nc(-c3cccc(-c4cccc5oc6ccccc6c45)c3)n2)cc1. The van der Waals surface area contributed by atoms with Gasteiger partial charge in [0.1, 0.15) is 16.8 Å². The predicted molar refractivity (Wildman–Crippen MR) is 244 cm³/mol. The van der Waals surface area contributed by atoms with Crippen LogP contribution in [0.25, 0.3) is 111 Å². The van der Waals surface area contributed by atoms with Crippen molar-refractivity contribution in [1.29, 1.82) is 0 Å². The molecule has 0 radical (unpaired) electrons. The monoisotopic (exact) mass is 785 g/mol. The van der Waals surface area contributed by atoms with E-state index < -0.39 is 0 Å². The van der Waals surface area contributed by atoms with Gasteiger partial charge < -0.3 is 4.42 Å². The number of furan rings is 1. The van der Waals surface area contributed by atoms with Crippen LogP contribution in [0.15, 0.2) is 202 Å². The van der Waals surface area contributed by atoms with Crippen LogP contribution >= 0.6 is 11.8 Å². The van der Waals surface area contributed by atoms with E-state index in [0.717, 1.165) is 66.6 Å². The summed E-state index contributed by atoms with van der Waals surface area (Å²) >= 11 is 1.85. The Balaban J connectivity index is 0.972. The summed E-state index contributed by atoms with van der Waals surface area (Å²) in [5.41, 5.74) is 12.5. The van der Waals surface area contributed by atoms with Crippen LogP contribution in [0, 0.1) is 0 Å². The lowest BCUT2D eigenvalue weighted by Gasteiger charge is -2.21. The van der Waals surface area contributed by atoms with Crippen molar-refractivity contribution in [2.24, 2.45) is 0 Å². The molecule has 0 saturated carbocycles. The molecule has 0 unspecified atom stereocenters. The van der Waals surface area contributed by atoms with Gasteiger partial charge in [-0.05, 0) is 77.9 Å². The number of hydrogen-bond acceptors (Lipinski definition) is 5. The van der Waals surface area contributed by atoms with Crippen molar-refractivity contribution in [1.82, 2.24) is 24.1 Å². The molecule has 8 aromatic carbocycles. The molecule has 0 amide bonds. The van der Waals surface area contributed by atoms with Crippen LogP contribution in [0.5, 0.6) is 0 Å². The highest BCUT2D eigenvalue weighted by Gasteiger charge is 2.27. The van der Waals surface area contributed by atoms with Gasteiger partial charge in [-0.1, -0.05) is 133 Å². The Labute approximate surface area is 348 Å². The number of para-hydroxylation sites is 4. The van der Waals surface area contributed by atoms with E-state index in [-0.39, 0.29) is 0 Å². The van der Waals surface area contributed by atoms with E-state index in [4.69, 9.17) is 19.4 Å². The smallest absolute Gasteiger partial charge is 0.164 e. The van der Waals surface area contributed by atoms with Crippen LogP contribution in [0.4, 0.5) is 0 Å². The molecule has 12 aromatic rings. The maximum atomic E-state index is 6.24. The fraction of sp³-hybridized carbons (Fsp3) is 0. The molecule has 6 nitrogen and oxygen atoms in total. The van der Waals surface area contributed by atoms with Crippen LogP contribution in [0.3, 0.4) is 0 Å². The molecule has 0 atom stereocenters. The van der Waals surface area contributed by atoms with Crippen LogP contribution in [0.1, 0.15) is 0 Å². The van der Waals surface area contributed by atoms with Crippen molar-refractivity contribution in [3.05, 3.63) is 188 Å². The first kappa shape index (κ1) is 33.3. The lowest BCUT2D eigenvalue weighted by atomic mass is 9.98. The molecule has 0 fully saturated rings. The zero-order valence-electron chi connectivity index (χ0n) is 32.0. The van der Waals surface area contributed by atoms with E-state index >= 15 is 0 Å². The average Bonchev–Trinajstić information content (AvgIpc) is 3.98. The zero-order valence-corrected chi connectivity index (χ0v) is 32.8. The van der Waals surface area contributed by atoms with Gasteiger partial charge in [-0.3, -0.25) is 9.13 Å². The summed E-state index contributed by atoms with van der Waals surface area (Å²) in [7, 11) is 0. The Hall–Kier alpha value is -7.74. The van der Waals surface area contributed by atoms with Gasteiger partial charge >= 0.3 is 0 Å². The lowest BCUT2D eigenvalue weighted by molar-refractivity contribution is 0.669. The van der Waals surface area contributed by atoms with Crippen molar-refractivity contribution in [3.8, 4) is 56.7 Å². The van der Waals surface area contributed by atoms with Gasteiger partial charge in [0, 0.05) is 59.1 Å². The number of benzene rings is 8. The highest BCUT2D eigenvalue weighted by atomic mass is 32.2. The minimum absolute atomic E-state index is 0.610. The van der Waals surface area contributed by atoms with Crippen molar-refractivity contribution in [3.63, 3.8) is 0 Å². The number of fused-ring (bicyclic) bond motifs is 10. The van der Waals surface area contributed by atoms with E-state index in [1.807, 2.05) is 60.3 Å². The van der Waals surface area contributed by atoms with Crippen LogP contribution in [-0.2, 0) is 0 Å². The second-order valence-electron chi connectivity index (χ2n) is 15.2. The first-order chi connectivity index (χ1) is 29.7. The first-order valence-electron chi connectivity index (χ1n) is 20.0. The molecule has 0 N–H and O–H groups in total. The van der Waals surface area contributed by atoms with Gasteiger partial charge in [0.2, 0.25) is 0 Å². The molecule has 0 spiro atoms. The molecule has 1 aliphatic rings. The van der Waals surface area contributed by atoms with Crippen LogP contribution < -0.4 is 0 Å². The Morgan fingerprint density at radius 3 is 1.90 bits per heavy atom. The normalized spacial score (nSPS) is 12.3. The summed E-state index contributed by atoms with van der Waals surface area (Å²) in [6, 6.07) is 65.9. The van der Waals surface area contributed by atoms with Crippen LogP contribution in [0.2, 0.25) is 0 Å². The van der Waals surface area contributed by atoms with Crippen molar-refractivity contribution < 1.29 is 4.42 Å². The highest BCUT2D eigenvalue weighted by Crippen LogP contribution is 2.49. The second kappa shape index (κ2) is 12.9.